The van der Waals surface area contributed by atoms with Gasteiger partial charge < -0.3 is 24.8 Å². The van der Waals surface area contributed by atoms with Gasteiger partial charge in [0, 0.05) is 24.8 Å². The highest BCUT2D eigenvalue weighted by molar-refractivity contribution is 6.33. The van der Waals surface area contributed by atoms with Crippen LogP contribution < -0.4 is 15.6 Å². The molecule has 1 aliphatic heterocycles. The number of anilines is 2. The normalized spacial score (nSPS) is 19.3. The van der Waals surface area contributed by atoms with Gasteiger partial charge in [-0.15, -0.1) is 10.2 Å². The van der Waals surface area contributed by atoms with E-state index in [1.54, 1.807) is 16.4 Å². The van der Waals surface area contributed by atoms with E-state index in [1.165, 1.54) is 11.1 Å². The molecule has 2 saturated carbocycles. The van der Waals surface area contributed by atoms with Crippen LogP contribution in [-0.2, 0) is 23.9 Å². The van der Waals surface area contributed by atoms with E-state index in [1.807, 2.05) is 11.8 Å². The second kappa shape index (κ2) is 11.8. The van der Waals surface area contributed by atoms with E-state index in [4.69, 9.17) is 11.6 Å². The van der Waals surface area contributed by atoms with Crippen molar-refractivity contribution in [3.8, 4) is 5.75 Å². The molecule has 3 aromatic heterocycles. The molecule has 4 aromatic rings. The minimum Gasteiger partial charge on any atom is -0.504 e. The number of piperazine rings is 1. The third-order valence-corrected chi connectivity index (χ3v) is 9.63. The minimum atomic E-state index is -4.59. The Labute approximate surface area is 276 Å². The molecule has 7 rings (SSSR count). The molecule has 252 valence electrons. The summed E-state index contributed by atoms with van der Waals surface area (Å²) in [5.74, 6) is -1.26. The number of carbonyl (C=O) groups is 2. The van der Waals surface area contributed by atoms with Gasteiger partial charge in [-0.05, 0) is 57.2 Å². The van der Waals surface area contributed by atoms with Crippen molar-refractivity contribution in [2.75, 3.05) is 23.3 Å². The Morgan fingerprint density at radius 2 is 1.83 bits per heavy atom. The summed E-state index contributed by atoms with van der Waals surface area (Å²) in [7, 11) is 0. The van der Waals surface area contributed by atoms with Crippen LogP contribution in [0.5, 0.6) is 5.75 Å². The van der Waals surface area contributed by atoms with Gasteiger partial charge in [0.1, 0.15) is 18.6 Å². The summed E-state index contributed by atoms with van der Waals surface area (Å²) in [6, 6.07) is 2.27. The Morgan fingerprint density at radius 3 is 2.48 bits per heavy atom. The minimum absolute atomic E-state index is 0.00915. The highest BCUT2D eigenvalue weighted by Gasteiger charge is 2.47. The van der Waals surface area contributed by atoms with Crippen LogP contribution in [0.1, 0.15) is 66.1 Å². The number of hydrogen-bond acceptors (Lipinski definition) is 9. The van der Waals surface area contributed by atoms with Crippen molar-refractivity contribution in [3.05, 3.63) is 62.4 Å². The maximum Gasteiger partial charge on any atom is 0.416 e. The summed E-state index contributed by atoms with van der Waals surface area (Å²) in [4.78, 5) is 54.4. The third kappa shape index (κ3) is 5.41. The van der Waals surface area contributed by atoms with Crippen molar-refractivity contribution in [2.24, 2.45) is 0 Å². The second-order valence-corrected chi connectivity index (χ2v) is 12.7. The number of carbonyl (C=O) groups excluding carboxylic acids is 2. The molecule has 17 heteroatoms. The number of halogens is 4. The van der Waals surface area contributed by atoms with Crippen molar-refractivity contribution in [2.45, 2.75) is 76.8 Å². The first kappa shape index (κ1) is 31.8. The summed E-state index contributed by atoms with van der Waals surface area (Å²) < 4.78 is 41.1. The number of aromatic nitrogens is 6. The van der Waals surface area contributed by atoms with Gasteiger partial charge in [0.05, 0.1) is 34.1 Å². The van der Waals surface area contributed by atoms with Gasteiger partial charge in [-0.3, -0.25) is 14.4 Å². The van der Waals surface area contributed by atoms with Gasteiger partial charge >= 0.3 is 6.18 Å². The maximum absolute atomic E-state index is 14.2. The molecule has 13 nitrogen and oxygen atoms in total. The molecule has 1 aromatic carbocycles. The summed E-state index contributed by atoms with van der Waals surface area (Å²) in [5.41, 5.74) is 0.204. The van der Waals surface area contributed by atoms with Gasteiger partial charge in [0.2, 0.25) is 11.3 Å². The van der Waals surface area contributed by atoms with Crippen LogP contribution in [0.25, 0.3) is 11.2 Å². The predicted octanol–water partition coefficient (Wildman–Crippen LogP) is 4.10. The fraction of sp³-hybridized carbons (Fsp3) is 0.452. The number of alkyl halides is 3. The SMILES string of the molecule is CCc1c(N2CCN(C(=O)c3ncnc(C)c3O)[C@H]3CC[C@@H]32)c(=O)c2nn(C3CC3)nc2n1CC(=O)Nc1ccc(C(F)(F)F)cc1Cl. The lowest BCUT2D eigenvalue weighted by Gasteiger charge is -2.54. The molecule has 2 N–H and O–H groups in total. The first-order valence-electron chi connectivity index (χ1n) is 15.6. The summed E-state index contributed by atoms with van der Waals surface area (Å²) in [5, 5.41) is 22.0. The Hall–Kier alpha value is -4.73. The topological polar surface area (TPSA) is 151 Å². The fourth-order valence-electron chi connectivity index (χ4n) is 6.59. The smallest absolute Gasteiger partial charge is 0.416 e. The molecule has 2 amide bonds. The van der Waals surface area contributed by atoms with Crippen LogP contribution in [-0.4, -0.2) is 76.5 Å². The number of benzene rings is 1. The van der Waals surface area contributed by atoms with Crippen LogP contribution in [0.15, 0.2) is 29.3 Å². The maximum atomic E-state index is 14.2. The number of nitrogens with zero attached hydrogens (tertiary/aromatic N) is 8. The first-order chi connectivity index (χ1) is 22.9. The molecule has 0 radical (unpaired) electrons. The van der Waals surface area contributed by atoms with Crippen molar-refractivity contribution in [1.29, 1.82) is 0 Å². The fourth-order valence-corrected chi connectivity index (χ4v) is 6.82. The number of rotatable bonds is 7. The van der Waals surface area contributed by atoms with Crippen LogP contribution >= 0.6 is 11.6 Å². The molecule has 0 spiro atoms. The van der Waals surface area contributed by atoms with Crippen molar-refractivity contribution >= 4 is 46.0 Å². The second-order valence-electron chi connectivity index (χ2n) is 12.3. The van der Waals surface area contributed by atoms with E-state index < -0.39 is 23.6 Å². The lowest BCUT2D eigenvalue weighted by atomic mass is 9.81. The molecule has 1 saturated heterocycles. The Morgan fingerprint density at radius 1 is 1.08 bits per heavy atom. The van der Waals surface area contributed by atoms with E-state index in [9.17, 15) is 32.7 Å². The van der Waals surface area contributed by atoms with Gasteiger partial charge in [0.25, 0.3) is 5.91 Å². The van der Waals surface area contributed by atoms with E-state index >= 15 is 0 Å². The molecule has 48 heavy (non-hydrogen) atoms. The molecule has 2 atom stereocenters. The number of aryl methyl sites for hydroxylation is 1. The molecule has 0 bridgehead atoms. The molecule has 2 aliphatic carbocycles. The van der Waals surface area contributed by atoms with E-state index in [0.717, 1.165) is 31.0 Å². The van der Waals surface area contributed by atoms with E-state index in [0.29, 0.717) is 42.9 Å². The van der Waals surface area contributed by atoms with Crippen LogP contribution in [0.2, 0.25) is 5.02 Å². The van der Waals surface area contributed by atoms with Gasteiger partial charge in [0.15, 0.2) is 22.6 Å². The number of pyridine rings is 1. The molecule has 4 heterocycles. The standard InChI is InChI=1S/C31H31ClF3N9O4/c1-3-20-26(41-10-11-42(22-9-8-21(22)41)30(48)25-27(46)15(2)36-14-37-25)28(47)24-29(40-44(39-24)17-5-6-17)43(20)13-23(45)38-19-7-4-16(12-18(19)32)31(33,34)35/h4,7,12,14,17,21-22,46H,3,5-6,8-11,13H2,1-2H3,(H,38,45)/t21-,22-/m0/s1. The predicted molar refractivity (Wildman–Crippen MR) is 168 cm³/mol. The zero-order valence-corrected chi connectivity index (χ0v) is 26.7. The van der Waals surface area contributed by atoms with Gasteiger partial charge in [-0.2, -0.15) is 18.0 Å². The van der Waals surface area contributed by atoms with Crippen LogP contribution in [0.3, 0.4) is 0 Å². The number of fused-ring (bicyclic) bond motifs is 2. The van der Waals surface area contributed by atoms with Crippen LogP contribution in [0.4, 0.5) is 24.5 Å². The molecular formula is C31H31ClF3N9O4. The molecule has 3 aliphatic rings. The Balaban J connectivity index is 1.24. The van der Waals surface area contributed by atoms with Crippen LogP contribution in [0, 0.1) is 6.92 Å². The number of hydrogen-bond donors (Lipinski definition) is 2. The number of amides is 2. The average Bonchev–Trinajstić information content (AvgIpc) is 3.78. The lowest BCUT2D eigenvalue weighted by Crippen LogP contribution is -2.67. The average molecular weight is 686 g/mol. The summed E-state index contributed by atoms with van der Waals surface area (Å²) >= 11 is 6.11. The van der Waals surface area contributed by atoms with Crippen molar-refractivity contribution in [3.63, 3.8) is 0 Å². The quantitative estimate of drug-likeness (QED) is 0.293. The lowest BCUT2D eigenvalue weighted by molar-refractivity contribution is -0.137. The summed E-state index contributed by atoms with van der Waals surface area (Å²) in [6.07, 6.45) is 0.0828. The zero-order valence-electron chi connectivity index (χ0n) is 26.0. The van der Waals surface area contributed by atoms with Crippen molar-refractivity contribution in [1.82, 2.24) is 34.4 Å². The Kier molecular flexibility index (Phi) is 7.80. The van der Waals surface area contributed by atoms with Gasteiger partial charge in [-0.25, -0.2) is 9.97 Å². The molecule has 3 fully saturated rings. The van der Waals surface area contributed by atoms with E-state index in [-0.39, 0.29) is 70.0 Å². The highest BCUT2D eigenvalue weighted by atomic mass is 35.5. The third-order valence-electron chi connectivity index (χ3n) is 9.32. The van der Waals surface area contributed by atoms with Crippen molar-refractivity contribution < 1.29 is 27.9 Å². The number of aromatic hydroxyl groups is 1. The Bertz CT molecular complexity index is 2030. The van der Waals surface area contributed by atoms with Gasteiger partial charge in [-0.1, -0.05) is 18.5 Å². The highest BCUT2D eigenvalue weighted by Crippen LogP contribution is 2.40. The molecule has 0 unspecified atom stereocenters. The summed E-state index contributed by atoms with van der Waals surface area (Å²) in [6.45, 7) is 3.69. The monoisotopic (exact) mass is 685 g/mol. The largest absolute Gasteiger partial charge is 0.504 e. The molecular weight excluding hydrogens is 655 g/mol. The number of nitrogens with one attached hydrogen (secondary N) is 1. The first-order valence-corrected chi connectivity index (χ1v) is 16.0. The zero-order chi connectivity index (χ0) is 34.1. The van der Waals surface area contributed by atoms with E-state index in [2.05, 4.69) is 25.5 Å².